The third-order valence-electron chi connectivity index (χ3n) is 4.99. The van der Waals surface area contributed by atoms with Gasteiger partial charge >= 0.3 is 0 Å². The van der Waals surface area contributed by atoms with Crippen molar-refractivity contribution in [2.24, 2.45) is 28.8 Å². The summed E-state index contributed by atoms with van der Waals surface area (Å²) in [5, 5.41) is 4.57. The largest absolute Gasteiger partial charge is 0.282 e. The highest BCUT2D eigenvalue weighted by molar-refractivity contribution is 5.87. The van der Waals surface area contributed by atoms with Crippen LogP contribution in [0.5, 0.6) is 0 Å². The van der Waals surface area contributed by atoms with Gasteiger partial charge < -0.3 is 0 Å². The lowest BCUT2D eigenvalue weighted by atomic mass is 9.75. The van der Waals surface area contributed by atoms with Crippen LogP contribution in [0.1, 0.15) is 66.7 Å². The van der Waals surface area contributed by atoms with E-state index in [9.17, 15) is 0 Å². The van der Waals surface area contributed by atoms with Crippen molar-refractivity contribution in [2.75, 3.05) is 0 Å². The Balaban J connectivity index is 2.20. The van der Waals surface area contributed by atoms with Gasteiger partial charge in [-0.3, -0.25) is 5.43 Å². The Bertz CT molecular complexity index is 377. The first-order valence-corrected chi connectivity index (χ1v) is 8.03. The highest BCUT2D eigenvalue weighted by atomic mass is 15.3. The Labute approximate surface area is 118 Å². The Morgan fingerprint density at radius 3 is 2.47 bits per heavy atom. The smallest absolute Gasteiger partial charge is 0.0423 e. The monoisotopic (exact) mass is 262 g/mol. The van der Waals surface area contributed by atoms with Gasteiger partial charge in [0.2, 0.25) is 0 Å². The van der Waals surface area contributed by atoms with Crippen molar-refractivity contribution >= 4 is 5.71 Å². The van der Waals surface area contributed by atoms with Gasteiger partial charge in [0.25, 0.3) is 0 Å². The van der Waals surface area contributed by atoms with Crippen LogP contribution in [0.3, 0.4) is 0 Å². The maximum Gasteiger partial charge on any atom is 0.0423 e. The van der Waals surface area contributed by atoms with Crippen molar-refractivity contribution in [1.29, 1.82) is 0 Å². The lowest BCUT2D eigenvalue weighted by Crippen LogP contribution is -2.31. The van der Waals surface area contributed by atoms with E-state index in [0.29, 0.717) is 11.8 Å². The summed E-state index contributed by atoms with van der Waals surface area (Å²) in [6, 6.07) is 0. The molecule has 0 aromatic heterocycles. The van der Waals surface area contributed by atoms with E-state index in [1.54, 1.807) is 5.57 Å². The van der Waals surface area contributed by atoms with Gasteiger partial charge in [-0.25, -0.2) is 0 Å². The third kappa shape index (κ3) is 3.21. The number of hydrazone groups is 1. The maximum atomic E-state index is 4.57. The van der Waals surface area contributed by atoms with Gasteiger partial charge in [0.05, 0.1) is 0 Å². The van der Waals surface area contributed by atoms with E-state index < -0.39 is 0 Å². The molecule has 1 heterocycles. The molecule has 0 radical (unpaired) electrons. The van der Waals surface area contributed by atoms with Crippen LogP contribution >= 0.6 is 0 Å². The van der Waals surface area contributed by atoms with Crippen LogP contribution < -0.4 is 5.43 Å². The molecule has 2 rings (SSSR count). The van der Waals surface area contributed by atoms with Gasteiger partial charge in [-0.1, -0.05) is 27.7 Å². The number of nitrogens with zero attached hydrogens (tertiary/aromatic N) is 1. The second-order valence-corrected chi connectivity index (χ2v) is 6.98. The van der Waals surface area contributed by atoms with Crippen LogP contribution in [0, 0.1) is 23.7 Å². The number of fused-ring (bicyclic) bond motifs is 1. The van der Waals surface area contributed by atoms with Crippen molar-refractivity contribution < 1.29 is 0 Å². The molecule has 0 amide bonds. The van der Waals surface area contributed by atoms with Crippen LogP contribution in [-0.4, -0.2) is 5.71 Å². The Morgan fingerprint density at radius 1 is 1.11 bits per heavy atom. The van der Waals surface area contributed by atoms with Crippen molar-refractivity contribution in [3.63, 3.8) is 0 Å². The zero-order valence-electron chi connectivity index (χ0n) is 13.3. The Hall–Kier alpha value is -0.790. The molecule has 0 aromatic rings. The molecule has 0 saturated heterocycles. The average molecular weight is 262 g/mol. The van der Waals surface area contributed by atoms with Gasteiger partial charge in [-0.15, -0.1) is 0 Å². The van der Waals surface area contributed by atoms with Crippen LogP contribution in [0.2, 0.25) is 0 Å². The molecule has 2 heteroatoms. The number of rotatable bonds is 2. The van der Waals surface area contributed by atoms with Gasteiger partial charge in [0.1, 0.15) is 0 Å². The van der Waals surface area contributed by atoms with Crippen molar-refractivity contribution in [2.45, 2.75) is 66.7 Å². The SMILES string of the molecule is CC1=NNC(C(C)C)=C2CCCC(C(C)C)CCC12. The zero-order chi connectivity index (χ0) is 14.0. The fourth-order valence-corrected chi connectivity index (χ4v) is 3.68. The van der Waals surface area contributed by atoms with E-state index in [4.69, 9.17) is 0 Å². The molecule has 1 fully saturated rings. The summed E-state index contributed by atoms with van der Waals surface area (Å²) in [7, 11) is 0. The summed E-state index contributed by atoms with van der Waals surface area (Å²) in [6.45, 7) is 11.5. The van der Waals surface area contributed by atoms with Crippen LogP contribution in [0.4, 0.5) is 0 Å². The Morgan fingerprint density at radius 2 is 1.84 bits per heavy atom. The predicted octanol–water partition coefficient (Wildman–Crippen LogP) is 4.73. The molecule has 2 aliphatic rings. The first-order valence-electron chi connectivity index (χ1n) is 8.03. The summed E-state index contributed by atoms with van der Waals surface area (Å²) in [5.41, 5.74) is 7.67. The lowest BCUT2D eigenvalue weighted by molar-refractivity contribution is 0.299. The summed E-state index contributed by atoms with van der Waals surface area (Å²) < 4.78 is 0. The average Bonchev–Trinajstić information content (AvgIpc) is 2.29. The zero-order valence-corrected chi connectivity index (χ0v) is 13.3. The first-order chi connectivity index (χ1) is 9.00. The number of allylic oxidation sites excluding steroid dienone is 2. The number of hydrogen-bond donors (Lipinski definition) is 1. The van der Waals surface area contributed by atoms with E-state index in [-0.39, 0.29) is 0 Å². The topological polar surface area (TPSA) is 24.4 Å². The van der Waals surface area contributed by atoms with E-state index in [1.807, 2.05) is 0 Å². The normalized spacial score (nSPS) is 28.7. The lowest BCUT2D eigenvalue weighted by Gasteiger charge is -2.34. The van der Waals surface area contributed by atoms with Crippen molar-refractivity contribution in [3.8, 4) is 0 Å². The highest BCUT2D eigenvalue weighted by Crippen LogP contribution is 2.37. The first kappa shape index (κ1) is 14.6. The molecule has 2 unspecified atom stereocenters. The molecular weight excluding hydrogens is 232 g/mol. The van der Waals surface area contributed by atoms with E-state index >= 15 is 0 Å². The second kappa shape index (κ2) is 6.11. The van der Waals surface area contributed by atoms with Crippen LogP contribution in [0.25, 0.3) is 0 Å². The third-order valence-corrected chi connectivity index (χ3v) is 4.99. The second-order valence-electron chi connectivity index (χ2n) is 6.98. The molecule has 0 spiro atoms. The molecule has 0 aromatic carbocycles. The molecule has 2 nitrogen and oxygen atoms in total. The highest BCUT2D eigenvalue weighted by Gasteiger charge is 2.29. The minimum atomic E-state index is 0.565. The summed E-state index contributed by atoms with van der Waals surface area (Å²) in [4.78, 5) is 0. The van der Waals surface area contributed by atoms with Gasteiger partial charge in [0.15, 0.2) is 0 Å². The molecule has 1 saturated carbocycles. The van der Waals surface area contributed by atoms with Crippen molar-refractivity contribution in [1.82, 2.24) is 5.43 Å². The van der Waals surface area contributed by atoms with E-state index in [1.165, 1.54) is 43.5 Å². The predicted molar refractivity (Wildman–Crippen MR) is 83.0 cm³/mol. The van der Waals surface area contributed by atoms with Gasteiger partial charge in [0, 0.05) is 17.3 Å². The fraction of sp³-hybridized carbons (Fsp3) is 0.824. The minimum absolute atomic E-state index is 0.565. The van der Waals surface area contributed by atoms with Gasteiger partial charge in [-0.2, -0.15) is 5.10 Å². The molecule has 2 atom stereocenters. The molecule has 0 bridgehead atoms. The quantitative estimate of drug-likeness (QED) is 0.764. The maximum absolute atomic E-state index is 4.57. The molecule has 1 aliphatic carbocycles. The van der Waals surface area contributed by atoms with E-state index in [2.05, 4.69) is 45.1 Å². The Kier molecular flexibility index (Phi) is 4.70. The van der Waals surface area contributed by atoms with Crippen LogP contribution in [0.15, 0.2) is 16.4 Å². The number of nitrogens with one attached hydrogen (secondary N) is 1. The minimum Gasteiger partial charge on any atom is -0.282 e. The molecule has 1 N–H and O–H groups in total. The standard InChI is InChI=1S/C17H30N2/c1-11(2)14-7-6-8-16-15(10-9-14)13(5)18-19-17(16)12(3)4/h11-12,14-15,19H,6-10H2,1-5H3. The van der Waals surface area contributed by atoms with Gasteiger partial charge in [-0.05, 0) is 62.4 Å². The summed E-state index contributed by atoms with van der Waals surface area (Å²) in [5.74, 6) is 2.91. The number of hydrogen-bond acceptors (Lipinski definition) is 2. The summed E-state index contributed by atoms with van der Waals surface area (Å²) >= 11 is 0. The van der Waals surface area contributed by atoms with Crippen LogP contribution in [-0.2, 0) is 0 Å². The molecule has 19 heavy (non-hydrogen) atoms. The van der Waals surface area contributed by atoms with Crippen molar-refractivity contribution in [3.05, 3.63) is 11.3 Å². The molecule has 108 valence electrons. The summed E-state index contributed by atoms with van der Waals surface area (Å²) in [6.07, 6.45) is 6.67. The molecule has 1 aliphatic heterocycles. The molecular formula is C17H30N2. The fourth-order valence-electron chi connectivity index (χ4n) is 3.68. The van der Waals surface area contributed by atoms with E-state index in [0.717, 1.165) is 11.8 Å².